The van der Waals surface area contributed by atoms with Crippen molar-refractivity contribution in [2.75, 3.05) is 18.2 Å². The quantitative estimate of drug-likeness (QED) is 0.293. The molecule has 2 rings (SSSR count). The van der Waals surface area contributed by atoms with E-state index in [0.29, 0.717) is 0 Å². The summed E-state index contributed by atoms with van der Waals surface area (Å²) in [6.45, 7) is 14.9. The average molecular weight is 412 g/mol. The molecule has 0 saturated heterocycles. The molecule has 2 aromatic carbocycles. The van der Waals surface area contributed by atoms with Crippen molar-refractivity contribution in [3.05, 3.63) is 53.6 Å². The van der Waals surface area contributed by atoms with E-state index in [2.05, 4.69) is 59.7 Å². The van der Waals surface area contributed by atoms with Crippen LogP contribution in [0.25, 0.3) is 0 Å². The summed E-state index contributed by atoms with van der Waals surface area (Å²) in [5.74, 6) is 7.42. The van der Waals surface area contributed by atoms with E-state index >= 15 is 0 Å². The second-order valence-corrected chi connectivity index (χ2v) is 10.2. The molecule has 2 aromatic rings. The van der Waals surface area contributed by atoms with Gasteiger partial charge in [-0.15, -0.1) is 0 Å². The van der Waals surface area contributed by atoms with Crippen molar-refractivity contribution in [2.45, 2.75) is 78.1 Å². The van der Waals surface area contributed by atoms with E-state index in [1.54, 1.807) is 5.01 Å². The maximum Gasteiger partial charge on any atom is 0.119 e. The molecule has 0 unspecified atom stereocenters. The summed E-state index contributed by atoms with van der Waals surface area (Å²) in [7, 11) is 0. The average Bonchev–Trinajstić information content (AvgIpc) is 2.69. The van der Waals surface area contributed by atoms with Gasteiger partial charge in [0.2, 0.25) is 0 Å². The molecule has 0 atom stereocenters. The fourth-order valence-electron chi connectivity index (χ4n) is 3.26. The van der Waals surface area contributed by atoms with Gasteiger partial charge in [-0.2, -0.15) is 0 Å². The molecule has 30 heavy (non-hydrogen) atoms. The molecule has 0 bridgehead atoms. The molecule has 0 aliphatic rings. The van der Waals surface area contributed by atoms with E-state index in [0.717, 1.165) is 49.5 Å². The molecule has 0 aliphatic heterocycles. The number of nitrogens with zero attached hydrogens (tertiary/aromatic N) is 1. The number of rotatable bonds is 9. The summed E-state index contributed by atoms with van der Waals surface area (Å²) in [5.41, 5.74) is 10.2. The highest BCUT2D eigenvalue weighted by atomic mass is 16.5. The summed E-state index contributed by atoms with van der Waals surface area (Å²) in [4.78, 5) is 0. The lowest BCUT2D eigenvalue weighted by Gasteiger charge is -2.29. The van der Waals surface area contributed by atoms with E-state index in [9.17, 15) is 0 Å². The molecule has 0 aliphatic carbocycles. The molecule has 0 amide bonds. The Morgan fingerprint density at radius 3 is 1.77 bits per heavy atom. The Bertz CT molecular complexity index is 753. The van der Waals surface area contributed by atoms with E-state index in [1.807, 2.05) is 24.3 Å². The zero-order valence-electron chi connectivity index (χ0n) is 19.8. The van der Waals surface area contributed by atoms with Gasteiger partial charge in [-0.25, -0.2) is 5.84 Å². The van der Waals surface area contributed by atoms with E-state index in [4.69, 9.17) is 16.3 Å². The number of unbranched alkanes of at least 4 members (excludes halogenated alkanes) is 3. The Hall–Kier alpha value is -2.04. The van der Waals surface area contributed by atoms with Crippen LogP contribution in [-0.2, 0) is 10.8 Å². The fourth-order valence-corrected chi connectivity index (χ4v) is 3.26. The van der Waals surface area contributed by atoms with Crippen LogP contribution in [0.5, 0.6) is 5.75 Å². The molecule has 4 nitrogen and oxygen atoms in total. The van der Waals surface area contributed by atoms with E-state index in [1.165, 1.54) is 17.5 Å². The predicted octanol–water partition coefficient (Wildman–Crippen LogP) is 6.19. The molecule has 0 spiro atoms. The Balaban J connectivity index is 2.13. The molecule has 0 heterocycles. The first-order chi connectivity index (χ1) is 14.0. The summed E-state index contributed by atoms with van der Waals surface area (Å²) in [5, 5.41) is 1.76. The van der Waals surface area contributed by atoms with Gasteiger partial charge in [0.25, 0.3) is 0 Å². The molecule has 166 valence electrons. The lowest BCUT2D eigenvalue weighted by atomic mass is 9.80. The van der Waals surface area contributed by atoms with Gasteiger partial charge in [-0.05, 0) is 77.7 Å². The monoisotopic (exact) mass is 411 g/mol. The Morgan fingerprint density at radius 1 is 0.733 bits per heavy atom. The first kappa shape index (κ1) is 24.2. The lowest BCUT2D eigenvalue weighted by Crippen LogP contribution is -2.26. The third-order valence-electron chi connectivity index (χ3n) is 5.41. The van der Waals surface area contributed by atoms with Crippen LogP contribution in [0.3, 0.4) is 0 Å². The first-order valence-corrected chi connectivity index (χ1v) is 11.2. The van der Waals surface area contributed by atoms with Gasteiger partial charge in [0.15, 0.2) is 0 Å². The highest BCUT2D eigenvalue weighted by Gasteiger charge is 2.22. The van der Waals surface area contributed by atoms with Crippen molar-refractivity contribution >= 4 is 11.4 Å². The van der Waals surface area contributed by atoms with Gasteiger partial charge in [0.1, 0.15) is 5.75 Å². The van der Waals surface area contributed by atoms with Gasteiger partial charge >= 0.3 is 0 Å². The molecule has 4 N–H and O–H groups in total. The molecule has 0 saturated carbocycles. The second kappa shape index (κ2) is 10.3. The maximum absolute atomic E-state index is 6.54. The lowest BCUT2D eigenvalue weighted by molar-refractivity contribution is 0.305. The highest BCUT2D eigenvalue weighted by Crippen LogP contribution is 2.34. The molecule has 0 aromatic heterocycles. The number of hydrazine groups is 1. The number of nitrogens with two attached hydrogens (primary N) is 2. The first-order valence-electron chi connectivity index (χ1n) is 11.2. The van der Waals surface area contributed by atoms with Gasteiger partial charge < -0.3 is 10.5 Å². The van der Waals surface area contributed by atoms with Crippen molar-refractivity contribution < 1.29 is 4.74 Å². The molecular weight excluding hydrogens is 370 g/mol. The largest absolute Gasteiger partial charge is 0.494 e. The Morgan fingerprint density at radius 2 is 1.27 bits per heavy atom. The van der Waals surface area contributed by atoms with Crippen LogP contribution >= 0.6 is 0 Å². The van der Waals surface area contributed by atoms with Gasteiger partial charge in [0.05, 0.1) is 18.0 Å². The maximum atomic E-state index is 6.54. The molecule has 0 fully saturated rings. The highest BCUT2D eigenvalue weighted by molar-refractivity contribution is 5.64. The van der Waals surface area contributed by atoms with E-state index in [-0.39, 0.29) is 10.8 Å². The van der Waals surface area contributed by atoms with Crippen molar-refractivity contribution in [2.24, 2.45) is 11.6 Å². The second-order valence-electron chi connectivity index (χ2n) is 10.2. The Kier molecular flexibility index (Phi) is 8.34. The third-order valence-corrected chi connectivity index (χ3v) is 5.41. The van der Waals surface area contributed by atoms with Crippen LogP contribution < -0.4 is 21.3 Å². The normalized spacial score (nSPS) is 12.1. The Labute approximate surface area is 183 Å². The number of hydrogen-bond acceptors (Lipinski definition) is 4. The summed E-state index contributed by atoms with van der Waals surface area (Å²) < 4.78 is 5.86. The number of ether oxygens (including phenoxy) is 1. The smallest absolute Gasteiger partial charge is 0.119 e. The van der Waals surface area contributed by atoms with Crippen LogP contribution in [0.1, 0.15) is 78.4 Å². The van der Waals surface area contributed by atoms with E-state index < -0.39 is 0 Å². The van der Waals surface area contributed by atoms with Crippen molar-refractivity contribution in [3.8, 4) is 5.75 Å². The van der Waals surface area contributed by atoms with Gasteiger partial charge in [-0.3, -0.25) is 5.01 Å². The number of anilines is 2. The summed E-state index contributed by atoms with van der Waals surface area (Å²) >= 11 is 0. The number of hydrogen-bond donors (Lipinski definition) is 2. The zero-order valence-corrected chi connectivity index (χ0v) is 19.8. The minimum Gasteiger partial charge on any atom is -0.494 e. The van der Waals surface area contributed by atoms with Gasteiger partial charge in [-0.1, -0.05) is 60.5 Å². The van der Waals surface area contributed by atoms with Crippen LogP contribution in [0, 0.1) is 0 Å². The zero-order chi connectivity index (χ0) is 22.4. The van der Waals surface area contributed by atoms with Crippen LogP contribution in [-0.4, -0.2) is 13.2 Å². The van der Waals surface area contributed by atoms with Crippen molar-refractivity contribution in [1.82, 2.24) is 0 Å². The minimum absolute atomic E-state index is 0.0543. The number of benzene rings is 2. The van der Waals surface area contributed by atoms with Crippen molar-refractivity contribution in [1.29, 1.82) is 0 Å². The summed E-state index contributed by atoms with van der Waals surface area (Å²) in [6.07, 6.45) is 4.48. The van der Waals surface area contributed by atoms with Crippen LogP contribution in [0.2, 0.25) is 0 Å². The summed E-state index contributed by atoms with van der Waals surface area (Å²) in [6, 6.07) is 14.7. The van der Waals surface area contributed by atoms with Crippen LogP contribution in [0.4, 0.5) is 11.4 Å². The molecule has 0 radical (unpaired) electrons. The minimum atomic E-state index is 0.0543. The third kappa shape index (κ3) is 7.03. The predicted molar refractivity (Wildman–Crippen MR) is 130 cm³/mol. The fraction of sp³-hybridized carbons (Fsp3) is 0.538. The van der Waals surface area contributed by atoms with Crippen molar-refractivity contribution in [3.63, 3.8) is 0 Å². The standard InChI is InChI=1S/C26H41N3O/c1-25(2,3)20-17-21(26(4,5)6)19-23(18-20)29(28)22-11-13-24(14-12-22)30-16-10-8-7-9-15-27/h11-14,17-19H,7-10,15-16,27-28H2,1-6H3. The topological polar surface area (TPSA) is 64.5 Å². The van der Waals surface area contributed by atoms with Crippen LogP contribution in [0.15, 0.2) is 42.5 Å². The SMILES string of the molecule is CC(C)(C)c1cc(N(N)c2ccc(OCCCCCCN)cc2)cc(C(C)(C)C)c1. The molecular formula is C26H41N3O. The van der Waals surface area contributed by atoms with Gasteiger partial charge in [0, 0.05) is 0 Å². The molecule has 4 heteroatoms.